The maximum absolute atomic E-state index is 6.20. The lowest BCUT2D eigenvalue weighted by Crippen LogP contribution is -2.37. The number of hydrogen-bond acceptors (Lipinski definition) is 6. The van der Waals surface area contributed by atoms with Gasteiger partial charge in [0.2, 0.25) is 0 Å². The van der Waals surface area contributed by atoms with Crippen molar-refractivity contribution in [3.63, 3.8) is 0 Å². The third-order valence-corrected chi connectivity index (χ3v) is 5.05. The van der Waals surface area contributed by atoms with E-state index in [1.165, 1.54) is 0 Å². The summed E-state index contributed by atoms with van der Waals surface area (Å²) < 4.78 is 23.6. The van der Waals surface area contributed by atoms with Crippen molar-refractivity contribution in [3.05, 3.63) is 0 Å². The summed E-state index contributed by atoms with van der Waals surface area (Å²) in [5.74, 6) is 0. The van der Waals surface area contributed by atoms with E-state index in [-0.39, 0.29) is 29.1 Å². The smallest absolute Gasteiger partial charge is 0.103 e. The molecule has 0 aromatic carbocycles. The maximum Gasteiger partial charge on any atom is 0.103 e. The van der Waals surface area contributed by atoms with Crippen molar-refractivity contribution >= 4 is 0 Å². The van der Waals surface area contributed by atoms with Crippen LogP contribution in [0.25, 0.3) is 0 Å². The SMILES string of the molecule is COC(C)(C)CCOC(C)(C)CCOC(C)(C)CC(CCCCN)OC(C)N. The zero-order valence-electron chi connectivity index (χ0n) is 19.8. The summed E-state index contributed by atoms with van der Waals surface area (Å²) in [6.07, 6.45) is 5.31. The Morgan fingerprint density at radius 2 is 1.36 bits per heavy atom. The van der Waals surface area contributed by atoms with E-state index in [9.17, 15) is 0 Å². The molecular weight excluding hydrogens is 356 g/mol. The molecule has 0 amide bonds. The number of nitrogens with two attached hydrogens (primary N) is 2. The largest absolute Gasteiger partial charge is 0.379 e. The lowest BCUT2D eigenvalue weighted by Gasteiger charge is -2.33. The second-order valence-electron chi connectivity index (χ2n) is 9.63. The van der Waals surface area contributed by atoms with Crippen LogP contribution in [0.4, 0.5) is 0 Å². The average Bonchev–Trinajstić information content (AvgIpc) is 2.53. The Morgan fingerprint density at radius 3 is 1.86 bits per heavy atom. The van der Waals surface area contributed by atoms with E-state index in [1.807, 2.05) is 6.92 Å². The van der Waals surface area contributed by atoms with Crippen molar-refractivity contribution in [3.8, 4) is 0 Å². The molecule has 2 unspecified atom stereocenters. The van der Waals surface area contributed by atoms with Crippen LogP contribution in [-0.4, -0.2) is 56.0 Å². The van der Waals surface area contributed by atoms with Crippen LogP contribution in [0.5, 0.6) is 0 Å². The minimum atomic E-state index is -0.281. The van der Waals surface area contributed by atoms with E-state index >= 15 is 0 Å². The van der Waals surface area contributed by atoms with E-state index in [0.717, 1.165) is 38.5 Å². The van der Waals surface area contributed by atoms with Gasteiger partial charge in [0.25, 0.3) is 0 Å². The highest BCUT2D eigenvalue weighted by molar-refractivity contribution is 4.77. The summed E-state index contributed by atoms with van der Waals surface area (Å²) in [7, 11) is 1.74. The second-order valence-corrected chi connectivity index (χ2v) is 9.63. The quantitative estimate of drug-likeness (QED) is 0.281. The zero-order chi connectivity index (χ0) is 21.8. The predicted octanol–water partition coefficient (Wildman–Crippen LogP) is 3.99. The zero-order valence-corrected chi connectivity index (χ0v) is 19.8. The number of unbranched alkanes of at least 4 members (excludes halogenated alkanes) is 1. The molecule has 170 valence electrons. The van der Waals surface area contributed by atoms with Crippen molar-refractivity contribution in [2.24, 2.45) is 11.5 Å². The van der Waals surface area contributed by atoms with E-state index in [2.05, 4.69) is 41.5 Å². The lowest BCUT2D eigenvalue weighted by atomic mass is 9.96. The van der Waals surface area contributed by atoms with Crippen LogP contribution in [0.15, 0.2) is 0 Å². The lowest BCUT2D eigenvalue weighted by molar-refractivity contribution is -0.105. The number of methoxy groups -OCH3 is 1. The summed E-state index contributed by atoms with van der Waals surface area (Å²) in [6, 6.07) is 0. The second kappa shape index (κ2) is 13.1. The van der Waals surface area contributed by atoms with Gasteiger partial charge in [-0.1, -0.05) is 0 Å². The van der Waals surface area contributed by atoms with Gasteiger partial charge in [0.1, 0.15) is 6.23 Å². The molecule has 28 heavy (non-hydrogen) atoms. The highest BCUT2D eigenvalue weighted by atomic mass is 16.5. The van der Waals surface area contributed by atoms with Crippen molar-refractivity contribution < 1.29 is 18.9 Å². The predicted molar refractivity (Wildman–Crippen MR) is 116 cm³/mol. The number of hydrogen-bond donors (Lipinski definition) is 2. The first-order valence-corrected chi connectivity index (χ1v) is 10.8. The van der Waals surface area contributed by atoms with Gasteiger partial charge < -0.3 is 30.4 Å². The minimum Gasteiger partial charge on any atom is -0.379 e. The standard InChI is InChI=1S/C22H48N2O4/c1-18(24)28-19(11-9-10-14-23)17-22(6,7)27-16-13-21(4,5)26-15-12-20(2,3)25-8/h18-19H,9-17,23-24H2,1-8H3. The highest BCUT2D eigenvalue weighted by Crippen LogP contribution is 2.25. The Morgan fingerprint density at radius 1 is 0.821 bits per heavy atom. The van der Waals surface area contributed by atoms with Gasteiger partial charge in [0.05, 0.1) is 36.1 Å². The molecule has 0 radical (unpaired) electrons. The average molecular weight is 405 g/mol. The first-order valence-electron chi connectivity index (χ1n) is 10.8. The molecule has 0 aliphatic rings. The van der Waals surface area contributed by atoms with Crippen LogP contribution >= 0.6 is 0 Å². The number of ether oxygens (including phenoxy) is 4. The Labute approximate surface area is 174 Å². The summed E-state index contributed by atoms with van der Waals surface area (Å²) in [5.41, 5.74) is 10.8. The molecule has 0 spiro atoms. The normalized spacial score (nSPS) is 15.6. The van der Waals surface area contributed by atoms with E-state index in [0.29, 0.717) is 19.8 Å². The van der Waals surface area contributed by atoms with Gasteiger partial charge in [-0.2, -0.15) is 0 Å². The summed E-state index contributed by atoms with van der Waals surface area (Å²) >= 11 is 0. The molecule has 0 aliphatic carbocycles. The molecule has 0 fully saturated rings. The van der Waals surface area contributed by atoms with E-state index in [4.69, 9.17) is 30.4 Å². The van der Waals surface area contributed by atoms with Gasteiger partial charge in [-0.15, -0.1) is 0 Å². The first-order chi connectivity index (χ1) is 12.8. The highest BCUT2D eigenvalue weighted by Gasteiger charge is 2.27. The molecule has 0 heterocycles. The van der Waals surface area contributed by atoms with Crippen molar-refractivity contribution in [2.75, 3.05) is 26.9 Å². The van der Waals surface area contributed by atoms with E-state index < -0.39 is 0 Å². The van der Waals surface area contributed by atoms with E-state index in [1.54, 1.807) is 7.11 Å². The molecule has 6 heteroatoms. The van der Waals surface area contributed by atoms with Gasteiger partial charge in [0.15, 0.2) is 0 Å². The molecular formula is C22H48N2O4. The fourth-order valence-corrected chi connectivity index (χ4v) is 2.97. The molecule has 6 nitrogen and oxygen atoms in total. The van der Waals surface area contributed by atoms with Crippen LogP contribution in [-0.2, 0) is 18.9 Å². The summed E-state index contributed by atoms with van der Waals surface area (Å²) in [5, 5.41) is 0. The molecule has 0 aromatic rings. The van der Waals surface area contributed by atoms with Gasteiger partial charge in [0, 0.05) is 13.5 Å². The van der Waals surface area contributed by atoms with Crippen molar-refractivity contribution in [1.82, 2.24) is 0 Å². The van der Waals surface area contributed by atoms with Gasteiger partial charge >= 0.3 is 0 Å². The summed E-state index contributed by atoms with van der Waals surface area (Å²) in [6.45, 7) is 16.5. The number of rotatable bonds is 17. The summed E-state index contributed by atoms with van der Waals surface area (Å²) in [4.78, 5) is 0. The fraction of sp³-hybridized carbons (Fsp3) is 1.00. The van der Waals surface area contributed by atoms with Crippen LogP contribution in [0.2, 0.25) is 0 Å². The fourth-order valence-electron chi connectivity index (χ4n) is 2.97. The van der Waals surface area contributed by atoms with Gasteiger partial charge in [-0.05, 0) is 87.1 Å². The van der Waals surface area contributed by atoms with Crippen LogP contribution < -0.4 is 11.5 Å². The van der Waals surface area contributed by atoms with Crippen molar-refractivity contribution in [2.45, 2.75) is 116 Å². The third-order valence-electron chi connectivity index (χ3n) is 5.05. The molecule has 0 saturated carbocycles. The topological polar surface area (TPSA) is 89.0 Å². The molecule has 0 aliphatic heterocycles. The molecule has 0 bridgehead atoms. The monoisotopic (exact) mass is 404 g/mol. The molecule has 0 aromatic heterocycles. The van der Waals surface area contributed by atoms with Gasteiger partial charge in [-0.3, -0.25) is 0 Å². The Balaban J connectivity index is 4.38. The third kappa shape index (κ3) is 14.7. The maximum atomic E-state index is 6.20. The first kappa shape index (κ1) is 27.8. The van der Waals surface area contributed by atoms with Crippen LogP contribution in [0.1, 0.15) is 87.0 Å². The molecule has 0 rings (SSSR count). The molecule has 2 atom stereocenters. The Kier molecular flexibility index (Phi) is 13.0. The van der Waals surface area contributed by atoms with Crippen LogP contribution in [0, 0.1) is 0 Å². The molecule has 0 saturated heterocycles. The Hall–Kier alpha value is -0.240. The van der Waals surface area contributed by atoms with Gasteiger partial charge in [-0.25, -0.2) is 0 Å². The minimum absolute atomic E-state index is 0.0853. The van der Waals surface area contributed by atoms with Crippen molar-refractivity contribution in [1.29, 1.82) is 0 Å². The molecule has 4 N–H and O–H groups in total. The Bertz CT molecular complexity index is 398. The van der Waals surface area contributed by atoms with Crippen LogP contribution in [0.3, 0.4) is 0 Å².